The van der Waals surface area contributed by atoms with Gasteiger partial charge >= 0.3 is 5.97 Å². The average Bonchev–Trinajstić information content (AvgIpc) is 2.86. The molecule has 154 valence electrons. The normalized spacial score (nSPS) is 49.4. The fourth-order valence-electron chi connectivity index (χ4n) is 4.18. The molecule has 2 aliphatic heterocycles. The summed E-state index contributed by atoms with van der Waals surface area (Å²) in [6.45, 7) is 2.31. The molecule has 0 aromatic rings. The van der Waals surface area contributed by atoms with E-state index in [0.29, 0.717) is 12.8 Å². The van der Waals surface area contributed by atoms with Crippen molar-refractivity contribution in [2.45, 2.75) is 74.9 Å². The van der Waals surface area contributed by atoms with Gasteiger partial charge in [0.1, 0.15) is 30.0 Å². The third-order valence-corrected chi connectivity index (χ3v) is 5.55. The van der Waals surface area contributed by atoms with Gasteiger partial charge in [-0.1, -0.05) is 0 Å². The van der Waals surface area contributed by atoms with Crippen LogP contribution < -0.4 is 0 Å². The van der Waals surface area contributed by atoms with Gasteiger partial charge in [-0.05, 0) is 25.8 Å². The van der Waals surface area contributed by atoms with Crippen LogP contribution in [-0.4, -0.2) is 86.3 Å². The Balaban J connectivity index is 1.83. The van der Waals surface area contributed by atoms with E-state index in [0.717, 1.165) is 0 Å². The number of esters is 1. The van der Waals surface area contributed by atoms with Crippen molar-refractivity contribution in [3.8, 4) is 0 Å². The maximum Gasteiger partial charge on any atom is 0.303 e. The van der Waals surface area contributed by atoms with Gasteiger partial charge in [0.05, 0.1) is 24.4 Å². The number of fused-ring (bicyclic) bond motifs is 1. The summed E-state index contributed by atoms with van der Waals surface area (Å²) in [5.74, 6) is -1.35. The van der Waals surface area contributed by atoms with Crippen LogP contribution in [-0.2, 0) is 23.7 Å². The lowest BCUT2D eigenvalue weighted by Crippen LogP contribution is -2.61. The van der Waals surface area contributed by atoms with Crippen LogP contribution >= 0.6 is 0 Å². The van der Waals surface area contributed by atoms with Gasteiger partial charge in [0, 0.05) is 6.92 Å². The lowest BCUT2D eigenvalue weighted by molar-refractivity contribution is -0.350. The molecule has 0 unspecified atom stereocenters. The van der Waals surface area contributed by atoms with Crippen molar-refractivity contribution >= 4 is 5.97 Å². The third kappa shape index (κ3) is 3.58. The van der Waals surface area contributed by atoms with Crippen LogP contribution in [0, 0.1) is 5.92 Å². The van der Waals surface area contributed by atoms with E-state index in [2.05, 4.69) is 0 Å². The molecule has 27 heavy (non-hydrogen) atoms. The molecule has 2 fully saturated rings. The van der Waals surface area contributed by atoms with Crippen LogP contribution in [0.5, 0.6) is 0 Å². The highest BCUT2D eigenvalue weighted by atomic mass is 16.8. The fourth-order valence-corrected chi connectivity index (χ4v) is 4.18. The van der Waals surface area contributed by atoms with E-state index in [1.807, 2.05) is 0 Å². The summed E-state index contributed by atoms with van der Waals surface area (Å²) in [5.41, 5.74) is -2.45. The fraction of sp³-hybridized carbons (Fsp3) is 0.824. The molecule has 0 amide bonds. The van der Waals surface area contributed by atoms with Gasteiger partial charge in [-0.15, -0.1) is 0 Å². The Morgan fingerprint density at radius 1 is 1.19 bits per heavy atom. The minimum absolute atomic E-state index is 0.301. The van der Waals surface area contributed by atoms with Crippen LogP contribution in [0.15, 0.2) is 12.3 Å². The van der Waals surface area contributed by atoms with E-state index in [1.54, 1.807) is 6.92 Å². The molecule has 1 aliphatic carbocycles. The van der Waals surface area contributed by atoms with Crippen LogP contribution in [0.25, 0.3) is 0 Å². The number of ether oxygens (including phenoxy) is 4. The Bertz CT molecular complexity index is 594. The van der Waals surface area contributed by atoms with Gasteiger partial charge in [-0.25, -0.2) is 0 Å². The molecule has 2 heterocycles. The minimum Gasteiger partial charge on any atom is -0.472 e. The Hall–Kier alpha value is -1.27. The van der Waals surface area contributed by atoms with Gasteiger partial charge in [0.15, 0.2) is 6.29 Å². The molecule has 0 bridgehead atoms. The zero-order valence-corrected chi connectivity index (χ0v) is 15.1. The largest absolute Gasteiger partial charge is 0.472 e. The number of carbonyl (C=O) groups is 1. The second-order valence-corrected chi connectivity index (χ2v) is 7.52. The smallest absolute Gasteiger partial charge is 0.303 e. The number of aliphatic hydroxyl groups is 5. The summed E-state index contributed by atoms with van der Waals surface area (Å²) in [6, 6.07) is 0. The van der Waals surface area contributed by atoms with Gasteiger partial charge in [-0.3, -0.25) is 4.79 Å². The minimum atomic E-state index is -1.62. The Kier molecular flexibility index (Phi) is 5.52. The van der Waals surface area contributed by atoms with E-state index >= 15 is 0 Å². The van der Waals surface area contributed by atoms with Gasteiger partial charge in [-0.2, -0.15) is 0 Å². The maximum atomic E-state index is 11.5. The summed E-state index contributed by atoms with van der Waals surface area (Å²) < 4.78 is 21.9. The molecule has 3 aliphatic rings. The zero-order valence-electron chi connectivity index (χ0n) is 15.1. The molecule has 1 saturated heterocycles. The molecule has 5 N–H and O–H groups in total. The summed E-state index contributed by atoms with van der Waals surface area (Å²) >= 11 is 0. The predicted octanol–water partition coefficient (Wildman–Crippen LogP) is -1.86. The van der Waals surface area contributed by atoms with Crippen LogP contribution in [0.4, 0.5) is 0 Å². The average molecular weight is 390 g/mol. The zero-order chi connectivity index (χ0) is 20.0. The topological polar surface area (TPSA) is 155 Å². The first-order valence-corrected chi connectivity index (χ1v) is 8.82. The van der Waals surface area contributed by atoms with E-state index in [4.69, 9.17) is 18.9 Å². The number of aliphatic hydroxyl groups excluding tert-OH is 4. The first-order chi connectivity index (χ1) is 12.6. The number of carbonyl (C=O) groups excluding carboxylic acids is 1. The van der Waals surface area contributed by atoms with Crippen molar-refractivity contribution in [1.29, 1.82) is 0 Å². The highest BCUT2D eigenvalue weighted by Gasteiger charge is 2.62. The van der Waals surface area contributed by atoms with Crippen molar-refractivity contribution < 1.29 is 49.3 Å². The van der Waals surface area contributed by atoms with Gasteiger partial charge < -0.3 is 44.5 Å². The number of hydrogen-bond acceptors (Lipinski definition) is 10. The molecule has 9 atom stereocenters. The van der Waals surface area contributed by atoms with Gasteiger partial charge in [0.25, 0.3) is 0 Å². The van der Waals surface area contributed by atoms with Crippen molar-refractivity contribution in [2.75, 3.05) is 6.61 Å². The molecule has 0 spiro atoms. The molecule has 0 aromatic carbocycles. The lowest BCUT2D eigenvalue weighted by Gasteiger charge is -2.45. The predicted molar refractivity (Wildman–Crippen MR) is 86.7 cm³/mol. The Morgan fingerprint density at radius 3 is 2.52 bits per heavy atom. The van der Waals surface area contributed by atoms with Gasteiger partial charge in [0.2, 0.25) is 6.29 Å². The second kappa shape index (κ2) is 7.28. The summed E-state index contributed by atoms with van der Waals surface area (Å²) in [4.78, 5) is 11.5. The third-order valence-electron chi connectivity index (χ3n) is 5.55. The molecule has 0 aromatic heterocycles. The van der Waals surface area contributed by atoms with Crippen molar-refractivity contribution in [2.24, 2.45) is 5.92 Å². The summed E-state index contributed by atoms with van der Waals surface area (Å²) in [5, 5.41) is 50.2. The number of rotatable bonds is 4. The maximum absolute atomic E-state index is 11.5. The SMILES string of the molecule is CC(=O)O[C@@]1(C)CC[C@@]2(O)C=CO[C@@H](O[C@H]3O[C@H](CO)[C@@H](O)[C@@H](O)[C@@H]3O)[C@@H]21. The van der Waals surface area contributed by atoms with Crippen LogP contribution in [0.3, 0.4) is 0 Å². The molecule has 1 saturated carbocycles. The molecule has 3 rings (SSSR count). The van der Waals surface area contributed by atoms with Crippen molar-refractivity contribution in [3.05, 3.63) is 12.3 Å². The highest BCUT2D eigenvalue weighted by Crippen LogP contribution is 2.51. The molecular weight excluding hydrogens is 364 g/mol. The van der Waals surface area contributed by atoms with Crippen molar-refractivity contribution in [3.63, 3.8) is 0 Å². The Morgan fingerprint density at radius 2 is 1.89 bits per heavy atom. The van der Waals surface area contributed by atoms with E-state index in [1.165, 1.54) is 19.3 Å². The highest BCUT2D eigenvalue weighted by molar-refractivity contribution is 5.66. The molecule has 10 heteroatoms. The second-order valence-electron chi connectivity index (χ2n) is 7.52. The Labute approximate surface area is 155 Å². The van der Waals surface area contributed by atoms with Crippen LogP contribution in [0.2, 0.25) is 0 Å². The number of hydrogen-bond donors (Lipinski definition) is 5. The summed E-state index contributed by atoms with van der Waals surface area (Å²) in [6.07, 6.45) is -5.14. The first-order valence-electron chi connectivity index (χ1n) is 8.82. The van der Waals surface area contributed by atoms with Crippen molar-refractivity contribution in [1.82, 2.24) is 0 Å². The molecule has 0 radical (unpaired) electrons. The summed E-state index contributed by atoms with van der Waals surface area (Å²) in [7, 11) is 0. The molecule has 10 nitrogen and oxygen atoms in total. The van der Waals surface area contributed by atoms with E-state index in [-0.39, 0.29) is 0 Å². The lowest BCUT2D eigenvalue weighted by atomic mass is 9.81. The van der Waals surface area contributed by atoms with E-state index < -0.39 is 66.7 Å². The first kappa shape index (κ1) is 20.5. The quantitative estimate of drug-likeness (QED) is 0.345. The van der Waals surface area contributed by atoms with E-state index in [9.17, 15) is 30.3 Å². The monoisotopic (exact) mass is 390 g/mol. The standard InChI is InChI=1S/C17H26O10/c1-8(19)27-16(2)3-4-17(23)5-6-24-15(13(16)17)26-14-12(22)11(21)10(20)9(7-18)25-14/h5-6,9-15,18,20-23H,3-4,7H2,1-2H3/t9-,10-,11-,12+,13-,14-,15+,16+,17-/m1/s1. The molecular formula is C17H26O10. The van der Waals surface area contributed by atoms with Crippen LogP contribution in [0.1, 0.15) is 26.7 Å².